The topological polar surface area (TPSA) is 74.8 Å². The smallest absolute Gasteiger partial charge is 0.222 e. The SMILES string of the molecule is CCCOc1cc(C)ccc1CNC(=NC)NCCC(=O)NCc1ccccc1. The van der Waals surface area contributed by atoms with E-state index in [0.29, 0.717) is 38.6 Å². The third-order valence-electron chi connectivity index (χ3n) is 4.33. The molecule has 0 heterocycles. The third-order valence-corrected chi connectivity index (χ3v) is 4.33. The fourth-order valence-electron chi connectivity index (χ4n) is 2.73. The quantitative estimate of drug-likeness (QED) is 0.426. The van der Waals surface area contributed by atoms with Gasteiger partial charge in [-0.05, 0) is 30.5 Å². The Morgan fingerprint density at radius 2 is 1.83 bits per heavy atom. The second-order valence-electron chi connectivity index (χ2n) is 6.82. The Hall–Kier alpha value is -3.02. The molecule has 0 saturated carbocycles. The molecule has 29 heavy (non-hydrogen) atoms. The summed E-state index contributed by atoms with van der Waals surface area (Å²) in [6.07, 6.45) is 1.35. The molecule has 0 atom stereocenters. The average Bonchev–Trinajstić information content (AvgIpc) is 2.74. The van der Waals surface area contributed by atoms with E-state index in [-0.39, 0.29) is 5.91 Å². The van der Waals surface area contributed by atoms with Crippen LogP contribution in [0, 0.1) is 6.92 Å². The molecule has 6 nitrogen and oxygen atoms in total. The molecule has 1 amide bonds. The number of hydrogen-bond donors (Lipinski definition) is 3. The van der Waals surface area contributed by atoms with Gasteiger partial charge in [0.25, 0.3) is 0 Å². The molecule has 2 rings (SSSR count). The second-order valence-corrected chi connectivity index (χ2v) is 6.82. The Balaban J connectivity index is 1.74. The van der Waals surface area contributed by atoms with Gasteiger partial charge >= 0.3 is 0 Å². The summed E-state index contributed by atoms with van der Waals surface area (Å²) >= 11 is 0. The largest absolute Gasteiger partial charge is 0.493 e. The van der Waals surface area contributed by atoms with Crippen molar-refractivity contribution in [2.75, 3.05) is 20.2 Å². The van der Waals surface area contributed by atoms with Gasteiger partial charge in [-0.2, -0.15) is 0 Å². The molecule has 2 aromatic carbocycles. The Bertz CT molecular complexity index is 791. The van der Waals surface area contributed by atoms with Crippen molar-refractivity contribution in [2.24, 2.45) is 4.99 Å². The normalized spacial score (nSPS) is 11.1. The first-order valence-corrected chi connectivity index (χ1v) is 10.1. The average molecular weight is 397 g/mol. The van der Waals surface area contributed by atoms with Crippen molar-refractivity contribution in [1.29, 1.82) is 0 Å². The number of benzene rings is 2. The van der Waals surface area contributed by atoms with Crippen LogP contribution in [-0.4, -0.2) is 32.1 Å². The molecule has 0 radical (unpaired) electrons. The van der Waals surface area contributed by atoms with Crippen molar-refractivity contribution < 1.29 is 9.53 Å². The van der Waals surface area contributed by atoms with Crippen LogP contribution in [0.1, 0.15) is 36.5 Å². The van der Waals surface area contributed by atoms with E-state index in [2.05, 4.69) is 53.0 Å². The van der Waals surface area contributed by atoms with Gasteiger partial charge in [0.15, 0.2) is 5.96 Å². The predicted molar refractivity (Wildman–Crippen MR) is 118 cm³/mol. The van der Waals surface area contributed by atoms with Crippen molar-refractivity contribution in [3.05, 3.63) is 65.2 Å². The van der Waals surface area contributed by atoms with E-state index in [4.69, 9.17) is 4.74 Å². The minimum atomic E-state index is 0.00518. The lowest BCUT2D eigenvalue weighted by atomic mass is 10.1. The van der Waals surface area contributed by atoms with Gasteiger partial charge in [-0.3, -0.25) is 9.79 Å². The zero-order valence-corrected chi connectivity index (χ0v) is 17.6. The molecule has 0 unspecified atom stereocenters. The van der Waals surface area contributed by atoms with E-state index in [0.717, 1.165) is 23.3 Å². The monoisotopic (exact) mass is 396 g/mol. The van der Waals surface area contributed by atoms with Crippen LogP contribution in [-0.2, 0) is 17.9 Å². The van der Waals surface area contributed by atoms with Crippen LogP contribution in [0.4, 0.5) is 0 Å². The highest BCUT2D eigenvalue weighted by atomic mass is 16.5. The maximum atomic E-state index is 12.0. The van der Waals surface area contributed by atoms with Crippen LogP contribution in [0.3, 0.4) is 0 Å². The molecule has 0 fully saturated rings. The Labute approximate surface area is 173 Å². The molecule has 0 aliphatic rings. The fourth-order valence-corrected chi connectivity index (χ4v) is 2.73. The van der Waals surface area contributed by atoms with E-state index in [1.54, 1.807) is 7.05 Å². The molecule has 0 aromatic heterocycles. The van der Waals surface area contributed by atoms with Gasteiger partial charge in [0.1, 0.15) is 5.75 Å². The molecule has 6 heteroatoms. The number of nitrogens with one attached hydrogen (secondary N) is 3. The molecular weight excluding hydrogens is 364 g/mol. The van der Waals surface area contributed by atoms with Crippen LogP contribution in [0.15, 0.2) is 53.5 Å². The summed E-state index contributed by atoms with van der Waals surface area (Å²) in [5.41, 5.74) is 3.34. The van der Waals surface area contributed by atoms with Gasteiger partial charge in [-0.1, -0.05) is 49.4 Å². The standard InChI is InChI=1S/C23H32N4O2/c1-4-14-29-21-15-18(2)10-11-20(21)17-27-23(24-3)25-13-12-22(28)26-16-19-8-6-5-7-9-19/h5-11,15H,4,12-14,16-17H2,1-3H3,(H,26,28)(H2,24,25,27). The highest BCUT2D eigenvalue weighted by Gasteiger charge is 2.07. The zero-order chi connectivity index (χ0) is 20.9. The highest BCUT2D eigenvalue weighted by Crippen LogP contribution is 2.20. The maximum absolute atomic E-state index is 12.0. The number of guanidine groups is 1. The number of nitrogens with zero attached hydrogens (tertiary/aromatic N) is 1. The van der Waals surface area contributed by atoms with Gasteiger partial charge in [0, 0.05) is 38.7 Å². The van der Waals surface area contributed by atoms with Crippen LogP contribution < -0.4 is 20.7 Å². The summed E-state index contributed by atoms with van der Waals surface area (Å²) in [5, 5.41) is 9.39. The zero-order valence-electron chi connectivity index (χ0n) is 17.6. The molecule has 156 valence electrons. The van der Waals surface area contributed by atoms with Crippen molar-refractivity contribution in [3.63, 3.8) is 0 Å². The number of hydrogen-bond acceptors (Lipinski definition) is 3. The Morgan fingerprint density at radius 1 is 1.03 bits per heavy atom. The van der Waals surface area contributed by atoms with Crippen LogP contribution >= 0.6 is 0 Å². The van der Waals surface area contributed by atoms with Crippen molar-refractivity contribution in [2.45, 2.75) is 39.8 Å². The summed E-state index contributed by atoms with van der Waals surface area (Å²) in [5.74, 6) is 1.56. The Morgan fingerprint density at radius 3 is 2.55 bits per heavy atom. The van der Waals surface area contributed by atoms with Crippen molar-refractivity contribution >= 4 is 11.9 Å². The molecular formula is C23H32N4O2. The highest BCUT2D eigenvalue weighted by molar-refractivity contribution is 5.81. The predicted octanol–water partition coefficient (Wildman–Crippen LogP) is 3.16. The van der Waals surface area contributed by atoms with Crippen molar-refractivity contribution in [1.82, 2.24) is 16.0 Å². The first kappa shape index (κ1) is 22.3. The van der Waals surface area contributed by atoms with Crippen molar-refractivity contribution in [3.8, 4) is 5.75 Å². The molecule has 0 spiro atoms. The lowest BCUT2D eigenvalue weighted by Crippen LogP contribution is -2.39. The number of aryl methyl sites for hydroxylation is 1. The molecule has 3 N–H and O–H groups in total. The molecule has 0 aliphatic heterocycles. The molecule has 2 aromatic rings. The first-order valence-electron chi connectivity index (χ1n) is 10.1. The van der Waals surface area contributed by atoms with Crippen LogP contribution in [0.25, 0.3) is 0 Å². The lowest BCUT2D eigenvalue weighted by Gasteiger charge is -2.15. The minimum Gasteiger partial charge on any atom is -0.493 e. The summed E-state index contributed by atoms with van der Waals surface area (Å²) in [7, 11) is 1.72. The summed E-state index contributed by atoms with van der Waals surface area (Å²) in [4.78, 5) is 16.2. The second kappa shape index (κ2) is 12.4. The minimum absolute atomic E-state index is 0.00518. The summed E-state index contributed by atoms with van der Waals surface area (Å²) < 4.78 is 5.86. The summed E-state index contributed by atoms with van der Waals surface area (Å²) in [6, 6.07) is 16.1. The van der Waals surface area contributed by atoms with Gasteiger partial charge < -0.3 is 20.7 Å². The van der Waals surface area contributed by atoms with E-state index >= 15 is 0 Å². The number of carbonyl (C=O) groups excluding carboxylic acids is 1. The number of carbonyl (C=O) groups is 1. The number of aliphatic imine (C=N–C) groups is 1. The summed E-state index contributed by atoms with van der Waals surface area (Å²) in [6.45, 7) is 6.49. The van der Waals surface area contributed by atoms with Gasteiger partial charge in [0.05, 0.1) is 6.61 Å². The third kappa shape index (κ3) is 8.25. The first-order chi connectivity index (χ1) is 14.1. The van der Waals surface area contributed by atoms with E-state index in [1.807, 2.05) is 30.3 Å². The number of rotatable bonds is 10. The van der Waals surface area contributed by atoms with Crippen LogP contribution in [0.2, 0.25) is 0 Å². The van der Waals surface area contributed by atoms with Gasteiger partial charge in [-0.15, -0.1) is 0 Å². The van der Waals surface area contributed by atoms with Gasteiger partial charge in [0.2, 0.25) is 5.91 Å². The van der Waals surface area contributed by atoms with E-state index in [1.165, 1.54) is 5.56 Å². The number of amides is 1. The maximum Gasteiger partial charge on any atom is 0.222 e. The van der Waals surface area contributed by atoms with Gasteiger partial charge in [-0.25, -0.2) is 0 Å². The number of ether oxygens (including phenoxy) is 1. The molecule has 0 saturated heterocycles. The molecule has 0 bridgehead atoms. The fraction of sp³-hybridized carbons (Fsp3) is 0.391. The Kier molecular flexibility index (Phi) is 9.55. The van der Waals surface area contributed by atoms with E-state index in [9.17, 15) is 4.79 Å². The molecule has 0 aliphatic carbocycles. The van der Waals surface area contributed by atoms with E-state index < -0.39 is 0 Å². The lowest BCUT2D eigenvalue weighted by molar-refractivity contribution is -0.121. The van der Waals surface area contributed by atoms with Crippen LogP contribution in [0.5, 0.6) is 5.75 Å².